The van der Waals surface area contributed by atoms with Crippen molar-refractivity contribution in [3.8, 4) is 11.5 Å². The van der Waals surface area contributed by atoms with E-state index in [0.29, 0.717) is 0 Å². The van der Waals surface area contributed by atoms with Crippen molar-refractivity contribution in [2.24, 2.45) is 0 Å². The van der Waals surface area contributed by atoms with Crippen LogP contribution in [0, 0.1) is 11.5 Å². The molecule has 0 amide bonds. The van der Waals surface area contributed by atoms with Crippen LogP contribution in [0.25, 0.3) is 0 Å². The predicted molar refractivity (Wildman–Crippen MR) is 97.3 cm³/mol. The first-order valence-electron chi connectivity index (χ1n) is 7.96. The fourth-order valence-electron chi connectivity index (χ4n) is 1.93. The molecule has 3 heteroatoms. The van der Waals surface area contributed by atoms with Crippen LogP contribution in [0.3, 0.4) is 0 Å². The zero-order valence-electron chi connectivity index (χ0n) is 14.6. The maximum Gasteiger partial charge on any atom is 0.129 e. The van der Waals surface area contributed by atoms with Crippen molar-refractivity contribution in [1.29, 1.82) is 0 Å². The van der Waals surface area contributed by atoms with E-state index in [1.165, 1.54) is 24.5 Å². The zero-order valence-corrected chi connectivity index (χ0v) is 16.6. The van der Waals surface area contributed by atoms with Gasteiger partial charge in [0.15, 0.2) is 0 Å². The molecule has 0 aliphatic rings. The fraction of sp³-hybridized carbons (Fsp3) is 0.765. The first-order valence-corrected chi connectivity index (χ1v) is 15.0. The number of unbranched alkanes of at least 4 members (excludes halogenated alkanes) is 3. The summed E-state index contributed by atoms with van der Waals surface area (Å²) in [5.41, 5.74) is 3.28. The fourth-order valence-corrected chi connectivity index (χ4v) is 4.09. The second-order valence-electron chi connectivity index (χ2n) is 7.71. The van der Waals surface area contributed by atoms with Gasteiger partial charge in [0.05, 0.1) is 8.07 Å². The molecule has 0 aliphatic carbocycles. The molecule has 0 rings (SSSR count). The summed E-state index contributed by atoms with van der Waals surface area (Å²) in [6.45, 7) is 16.0. The summed E-state index contributed by atoms with van der Waals surface area (Å²) in [6.07, 6.45) is 7.64. The van der Waals surface area contributed by atoms with Crippen LogP contribution < -0.4 is 0 Å². The molecule has 0 aromatic carbocycles. The van der Waals surface area contributed by atoms with Gasteiger partial charge in [-0.05, 0) is 12.8 Å². The average Bonchev–Trinajstić information content (AvgIpc) is 2.28. The van der Waals surface area contributed by atoms with Crippen molar-refractivity contribution in [3.63, 3.8) is 0 Å². The summed E-state index contributed by atoms with van der Waals surface area (Å²) < 4.78 is 0. The zero-order chi connectivity index (χ0) is 15.8. The van der Waals surface area contributed by atoms with Gasteiger partial charge in [-0.1, -0.05) is 76.2 Å². The number of aliphatic hydroxyl groups excluding tert-OH is 1. The molecular weight excluding hydrogens is 276 g/mol. The third-order valence-corrected chi connectivity index (χ3v) is 6.42. The Hall–Kier alpha value is -0.306. The number of rotatable bonds is 7. The molecule has 0 spiro atoms. The highest BCUT2D eigenvalue weighted by molar-refractivity contribution is 6.84. The van der Waals surface area contributed by atoms with E-state index in [1.54, 1.807) is 0 Å². The molecule has 0 saturated heterocycles. The van der Waals surface area contributed by atoms with Crippen LogP contribution in [0.1, 0.15) is 39.0 Å². The Bertz CT molecular complexity index is 361. The van der Waals surface area contributed by atoms with Crippen LogP contribution in [0.4, 0.5) is 0 Å². The number of allylic oxidation sites excluding steroid dienone is 1. The van der Waals surface area contributed by atoms with E-state index in [-0.39, 0.29) is 0 Å². The lowest BCUT2D eigenvalue weighted by molar-refractivity contribution is 0.234. The van der Waals surface area contributed by atoms with Crippen LogP contribution >= 0.6 is 0 Å². The number of aliphatic hydroxyl groups is 1. The molecule has 1 nitrogen and oxygen atoms in total. The van der Waals surface area contributed by atoms with Gasteiger partial charge < -0.3 is 5.11 Å². The molecule has 0 bridgehead atoms. The molecule has 1 N–H and O–H groups in total. The van der Waals surface area contributed by atoms with Gasteiger partial charge in [0, 0.05) is 6.42 Å². The first-order chi connectivity index (χ1) is 9.06. The monoisotopic (exact) mass is 310 g/mol. The highest BCUT2D eigenvalue weighted by Gasteiger charge is 2.21. The Morgan fingerprint density at radius 1 is 1.10 bits per heavy atom. The second kappa shape index (κ2) is 8.87. The maximum atomic E-state index is 10.2. The Balaban J connectivity index is 4.69. The van der Waals surface area contributed by atoms with E-state index >= 15 is 0 Å². The highest BCUT2D eigenvalue weighted by atomic mass is 28.3. The molecule has 0 aromatic rings. The van der Waals surface area contributed by atoms with E-state index < -0.39 is 22.3 Å². The van der Waals surface area contributed by atoms with Crippen molar-refractivity contribution in [2.75, 3.05) is 0 Å². The molecule has 0 aliphatic heterocycles. The third kappa shape index (κ3) is 10.5. The van der Waals surface area contributed by atoms with Crippen LogP contribution in [-0.4, -0.2) is 27.4 Å². The predicted octanol–water partition coefficient (Wildman–Crippen LogP) is 5.00. The van der Waals surface area contributed by atoms with Crippen molar-refractivity contribution in [2.45, 2.75) is 84.4 Å². The van der Waals surface area contributed by atoms with Gasteiger partial charge in [-0.3, -0.25) is 0 Å². The summed E-state index contributed by atoms with van der Waals surface area (Å²) in [5.74, 6) is 3.08. The molecular formula is C17H34OSi2. The molecule has 116 valence electrons. The van der Waals surface area contributed by atoms with Crippen molar-refractivity contribution in [1.82, 2.24) is 0 Å². The smallest absolute Gasteiger partial charge is 0.129 e. The Kier molecular flexibility index (Phi) is 8.73. The maximum absolute atomic E-state index is 10.2. The standard InChI is InChI=1S/C17H34OSi2/c1-8-9-10-11-12-17(20(5,6)7)15-16(18)13-14-19(2,3)4/h12,16,18H,8-11,15H2,1-7H3/b17-12+. The average molecular weight is 311 g/mol. The van der Waals surface area contributed by atoms with Gasteiger partial charge >= 0.3 is 0 Å². The molecule has 0 aromatic heterocycles. The Morgan fingerprint density at radius 2 is 1.70 bits per heavy atom. The van der Waals surface area contributed by atoms with Gasteiger partial charge in [0.25, 0.3) is 0 Å². The molecule has 0 fully saturated rings. The molecule has 20 heavy (non-hydrogen) atoms. The minimum atomic E-state index is -1.38. The second-order valence-corrected chi connectivity index (χ2v) is 17.6. The van der Waals surface area contributed by atoms with Crippen LogP contribution in [0.15, 0.2) is 11.3 Å². The highest BCUT2D eigenvalue weighted by Crippen LogP contribution is 2.21. The van der Waals surface area contributed by atoms with Crippen LogP contribution in [0.2, 0.25) is 39.3 Å². The SMILES string of the molecule is CCCCC/C=C(\CC(O)C#C[Si](C)(C)C)[Si](C)(C)C. The van der Waals surface area contributed by atoms with Gasteiger partial charge in [-0.2, -0.15) is 0 Å². The topological polar surface area (TPSA) is 20.2 Å². The van der Waals surface area contributed by atoms with Gasteiger partial charge in [-0.25, -0.2) is 0 Å². The summed E-state index contributed by atoms with van der Waals surface area (Å²) in [6, 6.07) is 0. The number of hydrogen-bond donors (Lipinski definition) is 1. The summed E-state index contributed by atoms with van der Waals surface area (Å²) in [7, 11) is -2.72. The Morgan fingerprint density at radius 3 is 2.15 bits per heavy atom. The summed E-state index contributed by atoms with van der Waals surface area (Å²) >= 11 is 0. The molecule has 0 radical (unpaired) electrons. The van der Waals surface area contributed by atoms with Gasteiger partial charge in [0.2, 0.25) is 0 Å². The van der Waals surface area contributed by atoms with E-state index in [0.717, 1.165) is 12.8 Å². The lowest BCUT2D eigenvalue weighted by Gasteiger charge is -2.22. The first kappa shape index (κ1) is 19.7. The van der Waals surface area contributed by atoms with E-state index in [2.05, 4.69) is 63.7 Å². The van der Waals surface area contributed by atoms with Crippen molar-refractivity contribution in [3.05, 3.63) is 11.3 Å². The molecule has 0 heterocycles. The van der Waals surface area contributed by atoms with Gasteiger partial charge in [-0.15, -0.1) is 5.54 Å². The lowest BCUT2D eigenvalue weighted by Crippen LogP contribution is -2.27. The van der Waals surface area contributed by atoms with E-state index in [1.807, 2.05) is 0 Å². The van der Waals surface area contributed by atoms with Crippen LogP contribution in [-0.2, 0) is 0 Å². The minimum absolute atomic E-state index is 0.481. The Labute approximate surface area is 128 Å². The van der Waals surface area contributed by atoms with E-state index in [9.17, 15) is 5.11 Å². The largest absolute Gasteiger partial charge is 0.380 e. The van der Waals surface area contributed by atoms with Crippen molar-refractivity contribution < 1.29 is 5.11 Å². The normalized spacial score (nSPS) is 14.7. The molecule has 1 unspecified atom stereocenters. The molecule has 1 atom stereocenters. The summed E-state index contributed by atoms with van der Waals surface area (Å²) in [4.78, 5) is 0. The molecule has 0 saturated carbocycles. The third-order valence-electron chi connectivity index (χ3n) is 3.19. The lowest BCUT2D eigenvalue weighted by atomic mass is 10.1. The van der Waals surface area contributed by atoms with Gasteiger partial charge in [0.1, 0.15) is 14.2 Å². The quantitative estimate of drug-likeness (QED) is 0.398. The van der Waals surface area contributed by atoms with E-state index in [4.69, 9.17) is 0 Å². The van der Waals surface area contributed by atoms with Crippen LogP contribution in [0.5, 0.6) is 0 Å². The summed E-state index contributed by atoms with van der Waals surface area (Å²) in [5, 5.41) is 11.7. The minimum Gasteiger partial charge on any atom is -0.380 e. The number of hydrogen-bond acceptors (Lipinski definition) is 1. The van der Waals surface area contributed by atoms with Crippen molar-refractivity contribution >= 4 is 16.1 Å².